The van der Waals surface area contributed by atoms with E-state index in [0.717, 1.165) is 42.8 Å². The largest absolute Gasteiger partial charge is 0.361 e. The Hall–Kier alpha value is -2.63. The highest BCUT2D eigenvalue weighted by atomic mass is 16.5. The van der Waals surface area contributed by atoms with Crippen LogP contribution in [0.4, 0.5) is 0 Å². The molecule has 144 valence electrons. The van der Waals surface area contributed by atoms with E-state index < -0.39 is 0 Å². The summed E-state index contributed by atoms with van der Waals surface area (Å²) in [5.41, 5.74) is 3.27. The average Bonchev–Trinajstić information content (AvgIpc) is 2.88. The fourth-order valence-corrected chi connectivity index (χ4v) is 3.40. The molecule has 0 bridgehead atoms. The summed E-state index contributed by atoms with van der Waals surface area (Å²) in [6.07, 6.45) is 4.83. The van der Waals surface area contributed by atoms with Crippen molar-refractivity contribution in [3.8, 4) is 0 Å². The molecular formula is C21H27N3O3. The number of amides is 2. The second kappa shape index (κ2) is 8.84. The molecule has 2 amide bonds. The maximum Gasteiger partial charge on any atom is 0.253 e. The highest BCUT2D eigenvalue weighted by Gasteiger charge is 2.17. The summed E-state index contributed by atoms with van der Waals surface area (Å²) in [6.45, 7) is 5.76. The van der Waals surface area contributed by atoms with Gasteiger partial charge in [0.05, 0.1) is 12.1 Å². The van der Waals surface area contributed by atoms with Crippen molar-refractivity contribution in [2.24, 2.45) is 0 Å². The molecule has 0 saturated carbocycles. The molecule has 0 aliphatic carbocycles. The minimum atomic E-state index is -0.0749. The second-order valence-electron chi connectivity index (χ2n) is 7.16. The fraction of sp³-hybridized carbons (Fsp3) is 0.476. The van der Waals surface area contributed by atoms with E-state index in [1.807, 2.05) is 43.0 Å². The van der Waals surface area contributed by atoms with E-state index in [4.69, 9.17) is 4.52 Å². The molecule has 0 spiro atoms. The Balaban J connectivity index is 1.53. The summed E-state index contributed by atoms with van der Waals surface area (Å²) in [5.74, 6) is 0.707. The van der Waals surface area contributed by atoms with Gasteiger partial charge in [-0.3, -0.25) is 9.59 Å². The zero-order valence-corrected chi connectivity index (χ0v) is 16.1. The van der Waals surface area contributed by atoms with Gasteiger partial charge in [0.1, 0.15) is 5.76 Å². The highest BCUT2D eigenvalue weighted by molar-refractivity contribution is 5.94. The lowest BCUT2D eigenvalue weighted by molar-refractivity contribution is -0.120. The molecule has 1 aliphatic heterocycles. The van der Waals surface area contributed by atoms with Crippen molar-refractivity contribution in [3.63, 3.8) is 0 Å². The van der Waals surface area contributed by atoms with E-state index in [9.17, 15) is 9.59 Å². The van der Waals surface area contributed by atoms with Crippen LogP contribution in [-0.4, -0.2) is 35.0 Å². The quantitative estimate of drug-likeness (QED) is 0.878. The number of aryl methyl sites for hydroxylation is 2. The van der Waals surface area contributed by atoms with Gasteiger partial charge in [-0.15, -0.1) is 0 Å². The zero-order valence-electron chi connectivity index (χ0n) is 16.1. The average molecular weight is 369 g/mol. The SMILES string of the molecule is Cc1noc(C)c1CC(=O)NCc1ccc(C(=O)N2CCCCCC2)cc1. The number of hydrogen-bond donors (Lipinski definition) is 1. The van der Waals surface area contributed by atoms with Crippen molar-refractivity contribution in [3.05, 3.63) is 52.4 Å². The molecule has 3 rings (SSSR count). The molecule has 2 heterocycles. The van der Waals surface area contributed by atoms with Crippen LogP contribution in [0.25, 0.3) is 0 Å². The predicted octanol–water partition coefficient (Wildman–Crippen LogP) is 3.17. The van der Waals surface area contributed by atoms with Crippen LogP contribution in [0.3, 0.4) is 0 Å². The summed E-state index contributed by atoms with van der Waals surface area (Å²) < 4.78 is 5.09. The molecule has 6 heteroatoms. The normalized spacial score (nSPS) is 14.7. The summed E-state index contributed by atoms with van der Waals surface area (Å²) in [4.78, 5) is 26.7. The van der Waals surface area contributed by atoms with Crippen LogP contribution in [0.2, 0.25) is 0 Å². The molecular weight excluding hydrogens is 342 g/mol. The van der Waals surface area contributed by atoms with Gasteiger partial charge in [-0.05, 0) is 44.4 Å². The van der Waals surface area contributed by atoms with Crippen LogP contribution in [0.15, 0.2) is 28.8 Å². The second-order valence-corrected chi connectivity index (χ2v) is 7.16. The number of carbonyl (C=O) groups excluding carboxylic acids is 2. The van der Waals surface area contributed by atoms with E-state index >= 15 is 0 Å². The highest BCUT2D eigenvalue weighted by Crippen LogP contribution is 2.15. The molecule has 1 N–H and O–H groups in total. The summed E-state index contributed by atoms with van der Waals surface area (Å²) in [5, 5.41) is 6.78. The van der Waals surface area contributed by atoms with Crippen molar-refractivity contribution in [2.45, 2.75) is 52.5 Å². The number of rotatable bonds is 5. The minimum Gasteiger partial charge on any atom is -0.361 e. The van der Waals surface area contributed by atoms with Gasteiger partial charge in [0.2, 0.25) is 5.91 Å². The van der Waals surface area contributed by atoms with E-state index in [2.05, 4.69) is 10.5 Å². The van der Waals surface area contributed by atoms with Crippen molar-refractivity contribution in [1.82, 2.24) is 15.4 Å². The molecule has 27 heavy (non-hydrogen) atoms. The zero-order chi connectivity index (χ0) is 19.2. The summed E-state index contributed by atoms with van der Waals surface area (Å²) >= 11 is 0. The number of aromatic nitrogens is 1. The lowest BCUT2D eigenvalue weighted by Crippen LogP contribution is -2.31. The Morgan fingerprint density at radius 3 is 2.33 bits per heavy atom. The van der Waals surface area contributed by atoms with Crippen LogP contribution in [0.5, 0.6) is 0 Å². The predicted molar refractivity (Wildman–Crippen MR) is 102 cm³/mol. The van der Waals surface area contributed by atoms with Crippen molar-refractivity contribution in [1.29, 1.82) is 0 Å². The van der Waals surface area contributed by atoms with E-state index in [1.54, 1.807) is 0 Å². The smallest absolute Gasteiger partial charge is 0.253 e. The van der Waals surface area contributed by atoms with Crippen molar-refractivity contribution < 1.29 is 14.1 Å². The molecule has 1 saturated heterocycles. The Morgan fingerprint density at radius 2 is 1.74 bits per heavy atom. The minimum absolute atomic E-state index is 0.0749. The van der Waals surface area contributed by atoms with Crippen LogP contribution in [-0.2, 0) is 17.8 Å². The Kier molecular flexibility index (Phi) is 6.27. The number of carbonyl (C=O) groups is 2. The first-order chi connectivity index (χ1) is 13.0. The molecule has 1 fully saturated rings. The van der Waals surface area contributed by atoms with Gasteiger partial charge in [0, 0.05) is 30.8 Å². The van der Waals surface area contributed by atoms with Crippen LogP contribution >= 0.6 is 0 Å². The van der Waals surface area contributed by atoms with Gasteiger partial charge >= 0.3 is 0 Å². The third kappa shape index (κ3) is 4.96. The summed E-state index contributed by atoms with van der Waals surface area (Å²) in [7, 11) is 0. The Bertz CT molecular complexity index is 768. The molecule has 1 aliphatic rings. The molecule has 2 aromatic rings. The molecule has 0 atom stereocenters. The topological polar surface area (TPSA) is 75.4 Å². The first-order valence-corrected chi connectivity index (χ1v) is 9.61. The molecule has 6 nitrogen and oxygen atoms in total. The fourth-order valence-electron chi connectivity index (χ4n) is 3.40. The molecule has 1 aromatic carbocycles. The third-order valence-electron chi connectivity index (χ3n) is 5.10. The van der Waals surface area contributed by atoms with Crippen molar-refractivity contribution >= 4 is 11.8 Å². The Morgan fingerprint density at radius 1 is 1.07 bits per heavy atom. The Labute approximate surface area is 159 Å². The van der Waals surface area contributed by atoms with Gasteiger partial charge in [0.25, 0.3) is 5.91 Å². The molecule has 1 aromatic heterocycles. The molecule has 0 radical (unpaired) electrons. The van der Waals surface area contributed by atoms with E-state index in [1.165, 1.54) is 12.8 Å². The van der Waals surface area contributed by atoms with Crippen LogP contribution < -0.4 is 5.32 Å². The summed E-state index contributed by atoms with van der Waals surface area (Å²) in [6, 6.07) is 7.51. The lowest BCUT2D eigenvalue weighted by atomic mass is 10.1. The lowest BCUT2D eigenvalue weighted by Gasteiger charge is -2.20. The van der Waals surface area contributed by atoms with Gasteiger partial charge in [-0.2, -0.15) is 0 Å². The number of likely N-dealkylation sites (tertiary alicyclic amines) is 1. The van der Waals surface area contributed by atoms with Gasteiger partial charge in [0.15, 0.2) is 0 Å². The van der Waals surface area contributed by atoms with Gasteiger partial charge in [-0.1, -0.05) is 30.1 Å². The van der Waals surface area contributed by atoms with Crippen LogP contribution in [0.1, 0.15) is 58.6 Å². The van der Waals surface area contributed by atoms with E-state index in [0.29, 0.717) is 17.9 Å². The first-order valence-electron chi connectivity index (χ1n) is 9.61. The monoisotopic (exact) mass is 369 g/mol. The molecule has 0 unspecified atom stereocenters. The number of benzene rings is 1. The number of nitrogens with zero attached hydrogens (tertiary/aromatic N) is 2. The number of nitrogens with one attached hydrogen (secondary N) is 1. The van der Waals surface area contributed by atoms with Gasteiger partial charge < -0.3 is 14.7 Å². The number of hydrogen-bond acceptors (Lipinski definition) is 4. The van der Waals surface area contributed by atoms with Crippen LogP contribution in [0, 0.1) is 13.8 Å². The maximum absolute atomic E-state index is 12.6. The maximum atomic E-state index is 12.6. The van der Waals surface area contributed by atoms with Gasteiger partial charge in [-0.25, -0.2) is 0 Å². The van der Waals surface area contributed by atoms with Crippen molar-refractivity contribution in [2.75, 3.05) is 13.1 Å². The third-order valence-corrected chi connectivity index (χ3v) is 5.10. The standard InChI is InChI=1S/C21H27N3O3/c1-15-19(16(2)27-23-15)13-20(25)22-14-17-7-9-18(10-8-17)21(26)24-11-5-3-4-6-12-24/h7-10H,3-6,11-14H2,1-2H3,(H,22,25). The first kappa shape index (κ1) is 19.1. The van der Waals surface area contributed by atoms with E-state index in [-0.39, 0.29) is 18.2 Å².